The lowest BCUT2D eigenvalue weighted by atomic mass is 10.5. The molecule has 0 aliphatic carbocycles. The fourth-order valence-electron chi connectivity index (χ4n) is 3.81. The highest BCUT2D eigenvalue weighted by Crippen LogP contribution is 2.03. The van der Waals surface area contributed by atoms with Crippen molar-refractivity contribution in [3.8, 4) is 0 Å². The van der Waals surface area contributed by atoms with Gasteiger partial charge < -0.3 is 31.7 Å². The molecule has 0 saturated carbocycles. The zero-order valence-corrected chi connectivity index (χ0v) is 30.0. The summed E-state index contributed by atoms with van der Waals surface area (Å²) in [5.74, 6) is 5.14. The van der Waals surface area contributed by atoms with E-state index in [1.807, 2.05) is 0 Å². The lowest BCUT2D eigenvalue weighted by molar-refractivity contribution is -0.677. The van der Waals surface area contributed by atoms with Gasteiger partial charge in [-0.05, 0) is 0 Å². The van der Waals surface area contributed by atoms with E-state index >= 15 is 0 Å². The Labute approximate surface area is 258 Å². The summed E-state index contributed by atoms with van der Waals surface area (Å²) in [6, 6.07) is 0. The molecule has 0 aliphatic heterocycles. The molecule has 42 heavy (non-hydrogen) atoms. The van der Waals surface area contributed by atoms with E-state index in [0.717, 1.165) is 0 Å². The second kappa shape index (κ2) is 17.4. The Hall–Kier alpha value is -2.76. The summed E-state index contributed by atoms with van der Waals surface area (Å²) in [6.07, 6.45) is 8.48. The topological polar surface area (TPSA) is 121 Å². The number of imidazole rings is 4. The Balaban J connectivity index is 0. The van der Waals surface area contributed by atoms with Crippen LogP contribution in [0.4, 0.5) is 0 Å². The molecule has 4 aromatic rings. The van der Waals surface area contributed by atoms with Crippen LogP contribution in [0.1, 0.15) is 46.1 Å². The fourth-order valence-corrected chi connectivity index (χ4v) is 3.81. The molecule has 0 aromatic carbocycles. The largest absolute Gasteiger partial charge is 1.00 e. The molecule has 240 valence electrons. The van der Waals surface area contributed by atoms with Gasteiger partial charge in [-0.3, -0.25) is 0 Å². The molecule has 0 fully saturated rings. The summed E-state index contributed by atoms with van der Waals surface area (Å²) in [6.45, 7) is 16.8. The summed E-state index contributed by atoms with van der Waals surface area (Å²) in [5.41, 5.74) is 5.20. The van der Waals surface area contributed by atoms with Crippen LogP contribution < -0.4 is 45.4 Å². The molecule has 0 amide bonds. The van der Waals surface area contributed by atoms with E-state index in [1.165, 1.54) is 46.1 Å². The van der Waals surface area contributed by atoms with Crippen LogP contribution in [-0.2, 0) is 60.9 Å². The van der Waals surface area contributed by atoms with Crippen molar-refractivity contribution in [2.45, 2.75) is 55.4 Å². The second-order valence-corrected chi connectivity index (χ2v) is 11.3. The van der Waals surface area contributed by atoms with Crippen LogP contribution in [0.25, 0.3) is 0 Å². The van der Waals surface area contributed by atoms with Gasteiger partial charge in [-0.25, -0.2) is 36.5 Å². The first-order valence-corrected chi connectivity index (χ1v) is 14.6. The molecule has 0 aliphatic rings. The number of rotatable bonds is 0. The second-order valence-electron chi connectivity index (χ2n) is 10.4. The van der Waals surface area contributed by atoms with Crippen molar-refractivity contribution in [3.63, 3.8) is 0 Å². The van der Waals surface area contributed by atoms with E-state index in [1.54, 1.807) is 0 Å². The molecule has 0 unspecified atom stereocenters. The van der Waals surface area contributed by atoms with Gasteiger partial charge in [0.05, 0.1) is 56.4 Å². The van der Waals surface area contributed by atoms with Gasteiger partial charge in [0.1, 0.15) is 47.6 Å². The number of aryl methyl sites for hydroxylation is 8. The van der Waals surface area contributed by atoms with E-state index in [-0.39, 0.29) is 12.4 Å². The first kappa shape index (κ1) is 41.4. The molecule has 0 atom stereocenters. The highest BCUT2D eigenvalue weighted by Gasteiger charge is 2.10. The van der Waals surface area contributed by atoms with E-state index < -0.39 is 7.82 Å². The first-order valence-electron chi connectivity index (χ1n) is 13.2. The lowest BCUT2D eigenvalue weighted by Crippen LogP contribution is -3.00. The molecule has 0 bridgehead atoms. The van der Waals surface area contributed by atoms with Gasteiger partial charge in [0.2, 0.25) is 0 Å². The molecular weight excluding hydrogens is 579 g/mol. The normalized spacial score (nSPS) is 10.2. The minimum atomic E-state index is -5.39. The van der Waals surface area contributed by atoms with Crippen LogP contribution in [0.2, 0.25) is 0 Å². The van der Waals surface area contributed by atoms with Crippen molar-refractivity contribution in [2.24, 2.45) is 56.4 Å². The van der Waals surface area contributed by atoms with E-state index in [4.69, 9.17) is 19.2 Å². The van der Waals surface area contributed by atoms with E-state index in [2.05, 4.69) is 173 Å². The monoisotopic (exact) mass is 630 g/mol. The van der Waals surface area contributed by atoms with Gasteiger partial charge in [0, 0.05) is 55.4 Å². The molecule has 4 aromatic heterocycles. The molecule has 4 rings (SSSR count). The van der Waals surface area contributed by atoms with Crippen LogP contribution in [0.15, 0.2) is 24.8 Å². The quantitative estimate of drug-likeness (QED) is 0.145. The van der Waals surface area contributed by atoms with E-state index in [9.17, 15) is 0 Å². The first-order chi connectivity index (χ1) is 18.5. The van der Waals surface area contributed by atoms with Gasteiger partial charge in [0.25, 0.3) is 23.3 Å². The number of halogens is 1. The third kappa shape index (κ3) is 13.0. The summed E-state index contributed by atoms with van der Waals surface area (Å²) in [5, 5.41) is 0. The Bertz CT molecular complexity index is 1180. The van der Waals surface area contributed by atoms with Gasteiger partial charge >= 0.3 is 0 Å². The molecular formula is C28H52ClN8O4P. The molecule has 0 spiro atoms. The molecule has 14 heteroatoms. The van der Waals surface area contributed by atoms with Crippen molar-refractivity contribution in [2.75, 3.05) is 0 Å². The minimum absolute atomic E-state index is 0. The highest BCUT2D eigenvalue weighted by atomic mass is 35.5. The average Bonchev–Trinajstić information content (AvgIpc) is 3.41. The minimum Gasteiger partial charge on any atom is -1.00 e. The fraction of sp³-hybridized carbons (Fsp3) is 0.571. The predicted molar refractivity (Wildman–Crippen MR) is 152 cm³/mol. The Morgan fingerprint density at radius 3 is 0.619 bits per heavy atom. The summed E-state index contributed by atoms with van der Waals surface area (Å²) < 4.78 is 25.7. The van der Waals surface area contributed by atoms with Crippen molar-refractivity contribution in [1.29, 1.82) is 0 Å². The molecule has 12 nitrogen and oxygen atoms in total. The predicted octanol–water partition coefficient (Wildman–Crippen LogP) is -3.95. The number of hydrogen-bond donors (Lipinski definition) is 0. The van der Waals surface area contributed by atoms with Crippen LogP contribution >= 0.6 is 7.82 Å². The van der Waals surface area contributed by atoms with Gasteiger partial charge in [-0.2, -0.15) is 7.82 Å². The van der Waals surface area contributed by atoms with Gasteiger partial charge in [-0.15, -0.1) is 0 Å². The van der Waals surface area contributed by atoms with Crippen LogP contribution in [0, 0.1) is 55.4 Å². The maximum absolute atomic E-state index is 8.55. The zero-order chi connectivity index (χ0) is 32.6. The van der Waals surface area contributed by atoms with Crippen LogP contribution in [0.5, 0.6) is 0 Å². The molecule has 0 saturated heterocycles. The summed E-state index contributed by atoms with van der Waals surface area (Å²) >= 11 is 0. The standard InChI is InChI=1S/4C7H13N2.ClH.H3O4P/c4*1-6-5-8(3)7(2)9(6)4;;1-5(2,3)4/h4*5H,1-4H3;1H;(H3,1,2,3,4)/q4*+1;;/p-4. The number of nitrogens with zero attached hydrogens (tertiary/aromatic N) is 8. The Morgan fingerprint density at radius 2 is 0.595 bits per heavy atom. The maximum atomic E-state index is 8.55. The van der Waals surface area contributed by atoms with Crippen molar-refractivity contribution in [3.05, 3.63) is 70.9 Å². The Kier molecular flexibility index (Phi) is 17.1. The van der Waals surface area contributed by atoms with E-state index in [0.29, 0.717) is 0 Å². The number of phosphoric acid groups is 1. The Morgan fingerprint density at radius 1 is 0.476 bits per heavy atom. The van der Waals surface area contributed by atoms with Crippen molar-refractivity contribution < 1.29 is 49.9 Å². The smallest absolute Gasteiger partial charge is 0.253 e. The lowest BCUT2D eigenvalue weighted by Gasteiger charge is -2.36. The van der Waals surface area contributed by atoms with Crippen molar-refractivity contribution >= 4 is 7.82 Å². The summed E-state index contributed by atoms with van der Waals surface area (Å²) in [7, 11) is 11.1. The highest BCUT2D eigenvalue weighted by molar-refractivity contribution is 7.40. The van der Waals surface area contributed by atoms with Gasteiger partial charge in [-0.1, -0.05) is 0 Å². The number of hydrogen-bond acceptors (Lipinski definition) is 4. The summed E-state index contributed by atoms with van der Waals surface area (Å²) in [4.78, 5) is 25.6. The number of aromatic nitrogens is 8. The maximum Gasteiger partial charge on any atom is 0.253 e. The van der Waals surface area contributed by atoms with Crippen LogP contribution in [0.3, 0.4) is 0 Å². The average molecular weight is 631 g/mol. The molecule has 4 heterocycles. The van der Waals surface area contributed by atoms with Crippen LogP contribution in [-0.4, -0.2) is 18.3 Å². The zero-order valence-electron chi connectivity index (χ0n) is 28.3. The van der Waals surface area contributed by atoms with Gasteiger partial charge in [0.15, 0.2) is 0 Å². The molecule has 0 radical (unpaired) electrons. The molecule has 0 N–H and O–H groups in total. The third-order valence-electron chi connectivity index (χ3n) is 7.62. The SMILES string of the molecule is Cc1c[n+](C)c(C)n1C.Cc1c[n+](C)c(C)n1C.Cc1c[n+](C)c(C)n1C.Cc1c[n+](C)c(C)n1C.O=P([O-])([O-])[O-].[Cl-]. The third-order valence-corrected chi connectivity index (χ3v) is 7.62. The van der Waals surface area contributed by atoms with Crippen molar-refractivity contribution in [1.82, 2.24) is 18.3 Å².